The van der Waals surface area contributed by atoms with Gasteiger partial charge in [0.05, 0.1) is 11.5 Å². The van der Waals surface area contributed by atoms with E-state index < -0.39 is 5.41 Å². The van der Waals surface area contributed by atoms with Gasteiger partial charge in [0.2, 0.25) is 0 Å². The summed E-state index contributed by atoms with van der Waals surface area (Å²) >= 11 is 5.85. The lowest BCUT2D eigenvalue weighted by Crippen LogP contribution is -2.23. The predicted octanol–water partition coefficient (Wildman–Crippen LogP) is 3.51. The number of imidazole rings is 1. The van der Waals surface area contributed by atoms with Gasteiger partial charge < -0.3 is 4.98 Å². The molecule has 1 atom stereocenters. The minimum absolute atomic E-state index is 0. The minimum atomic E-state index is -0.595. The molecule has 0 amide bonds. The topological polar surface area (TPSA) is 52.5 Å². The molecule has 0 aliphatic carbocycles. The van der Waals surface area contributed by atoms with Gasteiger partial charge in [-0.05, 0) is 24.6 Å². The molecule has 1 unspecified atom stereocenters. The van der Waals surface area contributed by atoms with Crippen LogP contribution in [0.15, 0.2) is 36.7 Å². The highest BCUT2D eigenvalue weighted by Crippen LogP contribution is 2.27. The van der Waals surface area contributed by atoms with Crippen molar-refractivity contribution in [2.45, 2.75) is 18.8 Å². The molecule has 0 bridgehead atoms. The van der Waals surface area contributed by atoms with Crippen LogP contribution in [0.5, 0.6) is 0 Å². The van der Waals surface area contributed by atoms with Gasteiger partial charge >= 0.3 is 0 Å². The Bertz CT molecular complexity index is 528. The number of halogens is 2. The van der Waals surface area contributed by atoms with Crippen molar-refractivity contribution >= 4 is 24.0 Å². The van der Waals surface area contributed by atoms with Crippen molar-refractivity contribution in [1.82, 2.24) is 9.97 Å². The van der Waals surface area contributed by atoms with Gasteiger partial charge in [-0.25, -0.2) is 4.98 Å². The van der Waals surface area contributed by atoms with Crippen LogP contribution in [0, 0.1) is 11.3 Å². The molecule has 0 aliphatic rings. The van der Waals surface area contributed by atoms with E-state index in [0.29, 0.717) is 11.4 Å². The number of benzene rings is 1. The molecule has 0 saturated heterocycles. The van der Waals surface area contributed by atoms with Crippen molar-refractivity contribution in [1.29, 1.82) is 5.26 Å². The van der Waals surface area contributed by atoms with Crippen LogP contribution >= 0.6 is 24.0 Å². The molecule has 1 heterocycles. The van der Waals surface area contributed by atoms with E-state index in [1.165, 1.54) is 0 Å². The van der Waals surface area contributed by atoms with Gasteiger partial charge in [-0.15, -0.1) is 12.4 Å². The first-order chi connectivity index (χ1) is 8.14. The Morgan fingerprint density at radius 1 is 1.39 bits per heavy atom. The molecule has 0 aliphatic heterocycles. The zero-order valence-corrected chi connectivity index (χ0v) is 11.4. The second-order valence-corrected chi connectivity index (χ2v) is 4.60. The lowest BCUT2D eigenvalue weighted by molar-refractivity contribution is 0.588. The maximum Gasteiger partial charge on any atom is 0.107 e. The maximum atomic E-state index is 9.38. The molecular weight excluding hydrogens is 269 g/mol. The van der Waals surface area contributed by atoms with E-state index in [1.807, 2.05) is 19.1 Å². The predicted molar refractivity (Wildman–Crippen MR) is 74.0 cm³/mol. The molecule has 0 fully saturated rings. The molecule has 1 aromatic carbocycles. The van der Waals surface area contributed by atoms with E-state index in [0.717, 1.165) is 11.4 Å². The Balaban J connectivity index is 0.00000162. The molecule has 0 spiro atoms. The Hall–Kier alpha value is -1.50. The van der Waals surface area contributed by atoms with Gasteiger partial charge in [0.15, 0.2) is 0 Å². The third-order valence-corrected chi connectivity index (χ3v) is 3.06. The normalized spacial score (nSPS) is 13.2. The fourth-order valence-electron chi connectivity index (χ4n) is 1.75. The molecule has 94 valence electrons. The summed E-state index contributed by atoms with van der Waals surface area (Å²) in [6.45, 7) is 1.90. The minimum Gasteiger partial charge on any atom is -0.349 e. The summed E-state index contributed by atoms with van der Waals surface area (Å²) in [6, 6.07) is 9.72. The lowest BCUT2D eigenvalue weighted by atomic mass is 9.81. The van der Waals surface area contributed by atoms with E-state index in [1.54, 1.807) is 24.5 Å². The second kappa shape index (κ2) is 5.90. The third kappa shape index (κ3) is 3.04. The summed E-state index contributed by atoms with van der Waals surface area (Å²) in [5, 5.41) is 10.1. The van der Waals surface area contributed by atoms with Gasteiger partial charge in [0, 0.05) is 23.8 Å². The zero-order valence-electron chi connectivity index (χ0n) is 9.85. The molecule has 1 N–H and O–H groups in total. The summed E-state index contributed by atoms with van der Waals surface area (Å²) < 4.78 is 0. The van der Waals surface area contributed by atoms with Crippen LogP contribution in [0.2, 0.25) is 5.02 Å². The van der Waals surface area contributed by atoms with Crippen molar-refractivity contribution in [2.75, 3.05) is 0 Å². The van der Waals surface area contributed by atoms with Crippen LogP contribution in [-0.2, 0) is 11.8 Å². The van der Waals surface area contributed by atoms with Crippen LogP contribution in [-0.4, -0.2) is 9.97 Å². The highest BCUT2D eigenvalue weighted by molar-refractivity contribution is 6.30. The van der Waals surface area contributed by atoms with E-state index in [-0.39, 0.29) is 12.4 Å². The van der Waals surface area contributed by atoms with Crippen molar-refractivity contribution in [3.05, 3.63) is 53.1 Å². The molecule has 18 heavy (non-hydrogen) atoms. The Morgan fingerprint density at radius 2 is 2.06 bits per heavy atom. The summed E-state index contributed by atoms with van der Waals surface area (Å²) in [6.07, 6.45) is 4.00. The van der Waals surface area contributed by atoms with Crippen molar-refractivity contribution in [3.8, 4) is 6.07 Å². The van der Waals surface area contributed by atoms with Crippen molar-refractivity contribution in [3.63, 3.8) is 0 Å². The first-order valence-corrected chi connectivity index (χ1v) is 5.67. The Kier molecular flexibility index (Phi) is 4.77. The highest BCUT2D eigenvalue weighted by Gasteiger charge is 2.27. The third-order valence-electron chi connectivity index (χ3n) is 2.80. The number of H-pyrrole nitrogens is 1. The van der Waals surface area contributed by atoms with Crippen molar-refractivity contribution < 1.29 is 0 Å². The summed E-state index contributed by atoms with van der Waals surface area (Å²) in [5.41, 5.74) is 0.350. The number of nitriles is 1. The largest absolute Gasteiger partial charge is 0.349 e. The second-order valence-electron chi connectivity index (χ2n) is 4.16. The van der Waals surface area contributed by atoms with E-state index >= 15 is 0 Å². The van der Waals surface area contributed by atoms with E-state index in [4.69, 9.17) is 11.6 Å². The number of aromatic amines is 1. The van der Waals surface area contributed by atoms with Gasteiger partial charge in [-0.2, -0.15) is 5.26 Å². The first kappa shape index (κ1) is 14.6. The standard InChI is InChI=1S/C13H12ClN3.ClH/c1-13(9-15,8-12-16-6-7-17-12)10-2-4-11(14)5-3-10;/h2-7H,8H2,1H3,(H,16,17);1H. The summed E-state index contributed by atoms with van der Waals surface area (Å²) in [4.78, 5) is 7.18. The maximum absolute atomic E-state index is 9.38. The number of hydrogen-bond donors (Lipinski definition) is 1. The molecule has 5 heteroatoms. The van der Waals surface area contributed by atoms with Gasteiger partial charge in [0.1, 0.15) is 5.82 Å². The van der Waals surface area contributed by atoms with E-state index in [9.17, 15) is 5.26 Å². The molecule has 3 nitrogen and oxygen atoms in total. The highest BCUT2D eigenvalue weighted by atomic mass is 35.5. The monoisotopic (exact) mass is 281 g/mol. The Labute approximate surface area is 117 Å². The Morgan fingerprint density at radius 3 is 2.56 bits per heavy atom. The fraction of sp³-hybridized carbons (Fsp3) is 0.231. The average Bonchev–Trinajstić information content (AvgIpc) is 2.82. The fourth-order valence-corrected chi connectivity index (χ4v) is 1.88. The quantitative estimate of drug-likeness (QED) is 0.936. The summed E-state index contributed by atoms with van der Waals surface area (Å²) in [5.74, 6) is 0.809. The SMILES string of the molecule is CC(C#N)(Cc1ncc[nH]1)c1ccc(Cl)cc1.Cl. The van der Waals surface area contributed by atoms with Crippen LogP contribution in [0.3, 0.4) is 0 Å². The number of nitrogens with one attached hydrogen (secondary N) is 1. The van der Waals surface area contributed by atoms with E-state index in [2.05, 4.69) is 16.0 Å². The molecular formula is C13H13Cl2N3. The molecule has 0 saturated carbocycles. The first-order valence-electron chi connectivity index (χ1n) is 5.29. The van der Waals surface area contributed by atoms with Crippen LogP contribution < -0.4 is 0 Å². The van der Waals surface area contributed by atoms with Crippen LogP contribution in [0.25, 0.3) is 0 Å². The zero-order chi connectivity index (χ0) is 12.3. The van der Waals surface area contributed by atoms with Crippen LogP contribution in [0.1, 0.15) is 18.3 Å². The molecule has 2 aromatic rings. The molecule has 2 rings (SSSR count). The molecule has 1 aromatic heterocycles. The average molecular weight is 282 g/mol. The van der Waals surface area contributed by atoms with Gasteiger partial charge in [-0.3, -0.25) is 0 Å². The number of aromatic nitrogens is 2. The number of rotatable bonds is 3. The summed E-state index contributed by atoms with van der Waals surface area (Å²) in [7, 11) is 0. The number of nitrogens with zero attached hydrogens (tertiary/aromatic N) is 2. The van der Waals surface area contributed by atoms with Gasteiger partial charge in [-0.1, -0.05) is 23.7 Å². The number of hydrogen-bond acceptors (Lipinski definition) is 2. The smallest absolute Gasteiger partial charge is 0.107 e. The van der Waals surface area contributed by atoms with Crippen LogP contribution in [0.4, 0.5) is 0 Å². The lowest BCUT2D eigenvalue weighted by Gasteiger charge is -2.20. The molecule has 0 radical (unpaired) electrons. The van der Waals surface area contributed by atoms with Crippen molar-refractivity contribution in [2.24, 2.45) is 0 Å². The van der Waals surface area contributed by atoms with Gasteiger partial charge in [0.25, 0.3) is 0 Å².